The predicted octanol–water partition coefficient (Wildman–Crippen LogP) is 2.80. The van der Waals surface area contributed by atoms with Crippen molar-refractivity contribution >= 4 is 5.97 Å². The van der Waals surface area contributed by atoms with E-state index < -0.39 is 11.8 Å². The standard InChI is InChI=1S/C12H10FNO3/c1-6-3-4-9(13)8(5-6)11-10(12(15)16)7(2)17-14-11/h3-5H,1-2H3,(H,15,16). The number of carboxylic acid groups (broad SMARTS) is 1. The Morgan fingerprint density at radius 3 is 2.76 bits per heavy atom. The highest BCUT2D eigenvalue weighted by molar-refractivity contribution is 5.95. The van der Waals surface area contributed by atoms with Gasteiger partial charge in [0.05, 0.1) is 0 Å². The van der Waals surface area contributed by atoms with Crippen molar-refractivity contribution in [3.63, 3.8) is 0 Å². The van der Waals surface area contributed by atoms with Crippen LogP contribution in [0.3, 0.4) is 0 Å². The van der Waals surface area contributed by atoms with Crippen LogP contribution < -0.4 is 0 Å². The van der Waals surface area contributed by atoms with Crippen LogP contribution in [0.2, 0.25) is 0 Å². The first-order chi connectivity index (χ1) is 8.00. The molecule has 0 bridgehead atoms. The third-order valence-corrected chi connectivity index (χ3v) is 2.45. The molecule has 4 nitrogen and oxygen atoms in total. The van der Waals surface area contributed by atoms with E-state index in [1.54, 1.807) is 19.1 Å². The van der Waals surface area contributed by atoms with E-state index >= 15 is 0 Å². The topological polar surface area (TPSA) is 63.3 Å². The fraction of sp³-hybridized carbons (Fsp3) is 0.167. The number of benzene rings is 1. The van der Waals surface area contributed by atoms with Crippen LogP contribution in [0.15, 0.2) is 22.7 Å². The summed E-state index contributed by atoms with van der Waals surface area (Å²) in [6.45, 7) is 3.27. The smallest absolute Gasteiger partial charge is 0.341 e. The molecule has 2 rings (SSSR count). The molecular formula is C12H10FNO3. The fourth-order valence-electron chi connectivity index (χ4n) is 1.63. The molecular weight excluding hydrogens is 225 g/mol. The SMILES string of the molecule is Cc1ccc(F)c(-c2noc(C)c2C(=O)O)c1. The van der Waals surface area contributed by atoms with Crippen molar-refractivity contribution in [1.29, 1.82) is 0 Å². The van der Waals surface area contributed by atoms with E-state index in [-0.39, 0.29) is 22.6 Å². The summed E-state index contributed by atoms with van der Waals surface area (Å²) in [6, 6.07) is 4.42. The van der Waals surface area contributed by atoms with Gasteiger partial charge in [-0.05, 0) is 26.0 Å². The molecule has 1 aromatic heterocycles. The maximum Gasteiger partial charge on any atom is 0.341 e. The number of carboxylic acids is 1. The van der Waals surface area contributed by atoms with Gasteiger partial charge in [-0.2, -0.15) is 0 Å². The number of hydrogen-bond acceptors (Lipinski definition) is 3. The summed E-state index contributed by atoms with van der Waals surface area (Å²) < 4.78 is 18.4. The molecule has 0 aliphatic heterocycles. The summed E-state index contributed by atoms with van der Waals surface area (Å²) in [6.07, 6.45) is 0. The molecule has 0 atom stereocenters. The Labute approximate surface area is 96.7 Å². The van der Waals surface area contributed by atoms with Crippen molar-refractivity contribution < 1.29 is 18.8 Å². The van der Waals surface area contributed by atoms with Crippen LogP contribution >= 0.6 is 0 Å². The second-order valence-corrected chi connectivity index (χ2v) is 3.75. The molecule has 1 heterocycles. The Bertz CT molecular complexity index is 589. The highest BCUT2D eigenvalue weighted by atomic mass is 19.1. The highest BCUT2D eigenvalue weighted by Gasteiger charge is 2.22. The molecule has 0 aliphatic carbocycles. The first-order valence-corrected chi connectivity index (χ1v) is 4.97. The second kappa shape index (κ2) is 4.01. The Morgan fingerprint density at radius 1 is 1.41 bits per heavy atom. The Kier molecular flexibility index (Phi) is 2.67. The monoisotopic (exact) mass is 235 g/mol. The maximum absolute atomic E-state index is 13.6. The number of halogens is 1. The van der Waals surface area contributed by atoms with Crippen molar-refractivity contribution in [2.75, 3.05) is 0 Å². The van der Waals surface area contributed by atoms with Gasteiger partial charge in [-0.3, -0.25) is 0 Å². The number of aromatic carboxylic acids is 1. The Hall–Kier alpha value is -2.17. The minimum absolute atomic E-state index is 0.0243. The lowest BCUT2D eigenvalue weighted by atomic mass is 10.0. The van der Waals surface area contributed by atoms with Gasteiger partial charge >= 0.3 is 5.97 Å². The first-order valence-electron chi connectivity index (χ1n) is 4.97. The van der Waals surface area contributed by atoms with Gasteiger partial charge in [-0.25, -0.2) is 9.18 Å². The average Bonchev–Trinajstić information content (AvgIpc) is 2.64. The highest BCUT2D eigenvalue weighted by Crippen LogP contribution is 2.28. The number of nitrogens with zero attached hydrogens (tertiary/aromatic N) is 1. The minimum atomic E-state index is -1.18. The van der Waals surface area contributed by atoms with Crippen molar-refractivity contribution in [3.05, 3.63) is 40.9 Å². The Morgan fingerprint density at radius 2 is 2.12 bits per heavy atom. The molecule has 2 aromatic rings. The van der Waals surface area contributed by atoms with E-state index in [0.29, 0.717) is 0 Å². The molecule has 0 saturated heterocycles. The van der Waals surface area contributed by atoms with E-state index in [0.717, 1.165) is 5.56 Å². The Balaban J connectivity index is 2.68. The molecule has 1 aromatic carbocycles. The van der Waals surface area contributed by atoms with E-state index in [1.165, 1.54) is 13.0 Å². The zero-order valence-electron chi connectivity index (χ0n) is 9.32. The average molecular weight is 235 g/mol. The van der Waals surface area contributed by atoms with Crippen molar-refractivity contribution in [1.82, 2.24) is 5.16 Å². The van der Waals surface area contributed by atoms with Gasteiger partial charge in [-0.15, -0.1) is 0 Å². The molecule has 0 radical (unpaired) electrons. The lowest BCUT2D eigenvalue weighted by molar-refractivity contribution is 0.0696. The number of rotatable bonds is 2. The molecule has 88 valence electrons. The summed E-state index contributed by atoms with van der Waals surface area (Å²) >= 11 is 0. The number of aromatic nitrogens is 1. The van der Waals surface area contributed by atoms with Gasteiger partial charge in [-0.1, -0.05) is 16.8 Å². The molecule has 1 N–H and O–H groups in total. The number of carbonyl (C=O) groups is 1. The van der Waals surface area contributed by atoms with Crippen molar-refractivity contribution in [3.8, 4) is 11.3 Å². The van der Waals surface area contributed by atoms with Gasteiger partial charge < -0.3 is 9.63 Å². The maximum atomic E-state index is 13.6. The lowest BCUT2D eigenvalue weighted by Gasteiger charge is -2.01. The lowest BCUT2D eigenvalue weighted by Crippen LogP contribution is -2.00. The number of hydrogen-bond donors (Lipinski definition) is 1. The third-order valence-electron chi connectivity index (χ3n) is 2.45. The van der Waals surface area contributed by atoms with Crippen LogP contribution in [-0.2, 0) is 0 Å². The molecule has 17 heavy (non-hydrogen) atoms. The van der Waals surface area contributed by atoms with Crippen LogP contribution in [-0.4, -0.2) is 16.2 Å². The van der Waals surface area contributed by atoms with Gasteiger partial charge in [0.15, 0.2) is 0 Å². The zero-order valence-corrected chi connectivity index (χ0v) is 9.32. The third kappa shape index (κ3) is 1.91. The van der Waals surface area contributed by atoms with Gasteiger partial charge in [0.2, 0.25) is 0 Å². The quantitative estimate of drug-likeness (QED) is 0.869. The fourth-order valence-corrected chi connectivity index (χ4v) is 1.63. The largest absolute Gasteiger partial charge is 0.477 e. The molecule has 0 spiro atoms. The predicted molar refractivity (Wildman–Crippen MR) is 58.3 cm³/mol. The van der Waals surface area contributed by atoms with Crippen LogP contribution in [0.5, 0.6) is 0 Å². The van der Waals surface area contributed by atoms with Crippen LogP contribution in [0.25, 0.3) is 11.3 Å². The summed E-state index contributed by atoms with van der Waals surface area (Å²) in [7, 11) is 0. The normalized spacial score (nSPS) is 10.5. The van der Waals surface area contributed by atoms with E-state index in [4.69, 9.17) is 9.63 Å². The summed E-state index contributed by atoms with van der Waals surface area (Å²) in [5.74, 6) is -1.54. The van der Waals surface area contributed by atoms with Crippen LogP contribution in [0.1, 0.15) is 21.7 Å². The van der Waals surface area contributed by atoms with Gasteiger partial charge in [0.1, 0.15) is 22.8 Å². The van der Waals surface area contributed by atoms with Gasteiger partial charge in [0.25, 0.3) is 0 Å². The number of aryl methyl sites for hydroxylation is 2. The summed E-state index contributed by atoms with van der Waals surface area (Å²) in [5.41, 5.74) is 0.878. The van der Waals surface area contributed by atoms with Gasteiger partial charge in [0, 0.05) is 5.56 Å². The molecule has 5 heteroatoms. The zero-order chi connectivity index (χ0) is 12.6. The van der Waals surface area contributed by atoms with Crippen LogP contribution in [0.4, 0.5) is 4.39 Å². The summed E-state index contributed by atoms with van der Waals surface area (Å²) in [4.78, 5) is 11.1. The molecule has 0 saturated carbocycles. The van der Waals surface area contributed by atoms with E-state index in [2.05, 4.69) is 5.16 Å². The van der Waals surface area contributed by atoms with E-state index in [1.807, 2.05) is 0 Å². The van der Waals surface area contributed by atoms with Crippen LogP contribution in [0, 0.1) is 19.7 Å². The first kappa shape index (κ1) is 11.3. The molecule has 0 fully saturated rings. The molecule has 0 aliphatic rings. The van der Waals surface area contributed by atoms with E-state index in [9.17, 15) is 9.18 Å². The van der Waals surface area contributed by atoms with Crippen molar-refractivity contribution in [2.45, 2.75) is 13.8 Å². The molecule has 0 unspecified atom stereocenters. The molecule has 0 amide bonds. The summed E-state index contributed by atoms with van der Waals surface area (Å²) in [5, 5.41) is 12.6. The van der Waals surface area contributed by atoms with Crippen molar-refractivity contribution in [2.24, 2.45) is 0 Å². The second-order valence-electron chi connectivity index (χ2n) is 3.75. The minimum Gasteiger partial charge on any atom is -0.477 e.